The Bertz CT molecular complexity index is 780. The summed E-state index contributed by atoms with van der Waals surface area (Å²) in [6.45, 7) is 6.07. The number of likely N-dealkylation sites (tertiary alicyclic amines) is 1. The van der Waals surface area contributed by atoms with Crippen molar-refractivity contribution in [1.29, 1.82) is 0 Å². The van der Waals surface area contributed by atoms with Crippen molar-refractivity contribution in [2.45, 2.75) is 37.5 Å². The number of nitrogens with zero attached hydrogens (tertiary/aromatic N) is 3. The van der Waals surface area contributed by atoms with Gasteiger partial charge in [0.2, 0.25) is 15.9 Å². The van der Waals surface area contributed by atoms with E-state index in [1.807, 2.05) is 4.90 Å². The van der Waals surface area contributed by atoms with Crippen LogP contribution in [0.4, 0.5) is 0 Å². The van der Waals surface area contributed by atoms with E-state index >= 15 is 0 Å². The fraction of sp³-hybridized carbons (Fsp3) is 0.591. The van der Waals surface area contributed by atoms with Gasteiger partial charge in [0, 0.05) is 39.8 Å². The molecule has 1 fully saturated rings. The zero-order valence-corrected chi connectivity index (χ0v) is 19.0. The number of hydrogen-bond donors (Lipinski definition) is 0. The minimum absolute atomic E-state index is 0.0211. The van der Waals surface area contributed by atoms with E-state index in [-0.39, 0.29) is 10.8 Å². The molecule has 0 spiro atoms. The molecule has 0 radical (unpaired) electrons. The number of unbranched alkanes of at least 4 members (excludes halogenated alkanes) is 1. The lowest BCUT2D eigenvalue weighted by atomic mass is 9.96. The van der Waals surface area contributed by atoms with Crippen molar-refractivity contribution in [2.24, 2.45) is 5.92 Å². The summed E-state index contributed by atoms with van der Waals surface area (Å²) >= 11 is 0. The highest BCUT2D eigenvalue weighted by molar-refractivity contribution is 7.89. The molecule has 0 saturated carbocycles. The van der Waals surface area contributed by atoms with Gasteiger partial charge in [0.1, 0.15) is 0 Å². The van der Waals surface area contributed by atoms with E-state index in [0.717, 1.165) is 44.6 Å². The molecular formula is C22H35N3O3S. The number of hydrogen-bond acceptors (Lipinski definition) is 4. The third-order valence-corrected chi connectivity index (χ3v) is 7.30. The number of piperidine rings is 1. The lowest BCUT2D eigenvalue weighted by Gasteiger charge is -2.33. The van der Waals surface area contributed by atoms with E-state index in [2.05, 4.69) is 18.9 Å². The lowest BCUT2D eigenvalue weighted by Crippen LogP contribution is -2.40. The molecule has 6 nitrogen and oxygen atoms in total. The molecule has 0 unspecified atom stereocenters. The fourth-order valence-electron chi connectivity index (χ4n) is 3.53. The molecule has 2 rings (SSSR count). The van der Waals surface area contributed by atoms with E-state index < -0.39 is 10.0 Å². The Labute approximate surface area is 176 Å². The number of carbonyl (C=O) groups is 1. The summed E-state index contributed by atoms with van der Waals surface area (Å²) < 4.78 is 25.4. The van der Waals surface area contributed by atoms with E-state index in [1.165, 1.54) is 31.2 Å². The van der Waals surface area contributed by atoms with Gasteiger partial charge in [0.05, 0.1) is 4.90 Å². The monoisotopic (exact) mass is 421 g/mol. The quantitative estimate of drug-likeness (QED) is 0.575. The molecule has 1 heterocycles. The van der Waals surface area contributed by atoms with Crippen LogP contribution in [0, 0.1) is 5.92 Å². The largest absolute Gasteiger partial charge is 0.339 e. The average molecular weight is 422 g/mol. The Morgan fingerprint density at radius 3 is 2.31 bits per heavy atom. The Hall–Kier alpha value is -1.70. The molecule has 0 aromatic heterocycles. The Balaban J connectivity index is 1.84. The third-order valence-electron chi connectivity index (χ3n) is 5.47. The van der Waals surface area contributed by atoms with E-state index in [4.69, 9.17) is 0 Å². The normalized spacial score (nSPS) is 16.3. The van der Waals surface area contributed by atoms with Crippen molar-refractivity contribution in [3.05, 3.63) is 35.9 Å². The first kappa shape index (κ1) is 23.6. The summed E-state index contributed by atoms with van der Waals surface area (Å²) in [4.78, 5) is 17.0. The fourth-order valence-corrected chi connectivity index (χ4v) is 4.43. The molecule has 0 aliphatic carbocycles. The zero-order valence-electron chi connectivity index (χ0n) is 18.2. The molecule has 1 aromatic carbocycles. The van der Waals surface area contributed by atoms with Crippen LogP contribution in [0.3, 0.4) is 0 Å². The maximum Gasteiger partial charge on any atom is 0.246 e. The lowest BCUT2D eigenvalue weighted by molar-refractivity contribution is -0.127. The molecule has 7 heteroatoms. The molecule has 1 amide bonds. The summed E-state index contributed by atoms with van der Waals surface area (Å²) in [6, 6.07) is 6.58. The summed E-state index contributed by atoms with van der Waals surface area (Å²) in [5, 5.41) is 0. The van der Waals surface area contributed by atoms with Gasteiger partial charge in [-0.05, 0) is 62.5 Å². The molecule has 1 aliphatic rings. The second-order valence-electron chi connectivity index (χ2n) is 8.07. The highest BCUT2D eigenvalue weighted by atomic mass is 32.2. The second-order valence-corrected chi connectivity index (χ2v) is 10.2. The van der Waals surface area contributed by atoms with Crippen molar-refractivity contribution in [3.8, 4) is 0 Å². The van der Waals surface area contributed by atoms with E-state index in [9.17, 15) is 13.2 Å². The molecule has 0 atom stereocenters. The smallest absolute Gasteiger partial charge is 0.246 e. The van der Waals surface area contributed by atoms with E-state index in [0.29, 0.717) is 5.92 Å². The van der Waals surface area contributed by atoms with Crippen LogP contribution < -0.4 is 0 Å². The second kappa shape index (κ2) is 10.9. The van der Waals surface area contributed by atoms with Crippen LogP contribution in [-0.4, -0.2) is 75.8 Å². The number of amides is 1. The van der Waals surface area contributed by atoms with Gasteiger partial charge < -0.3 is 9.80 Å². The first-order chi connectivity index (χ1) is 13.7. The highest BCUT2D eigenvalue weighted by Crippen LogP contribution is 2.19. The van der Waals surface area contributed by atoms with Crippen LogP contribution in [0.15, 0.2) is 35.2 Å². The molecular weight excluding hydrogens is 386 g/mol. The Kier molecular flexibility index (Phi) is 8.86. The van der Waals surface area contributed by atoms with Crippen molar-refractivity contribution < 1.29 is 13.2 Å². The van der Waals surface area contributed by atoms with Crippen molar-refractivity contribution in [2.75, 3.05) is 47.3 Å². The predicted molar refractivity (Wildman–Crippen MR) is 118 cm³/mol. The van der Waals surface area contributed by atoms with Crippen molar-refractivity contribution in [1.82, 2.24) is 14.1 Å². The van der Waals surface area contributed by atoms with Crippen LogP contribution in [-0.2, 0) is 14.8 Å². The number of rotatable bonds is 9. The number of benzene rings is 1. The molecule has 162 valence electrons. The topological polar surface area (TPSA) is 60.9 Å². The van der Waals surface area contributed by atoms with Gasteiger partial charge in [-0.25, -0.2) is 12.7 Å². The molecule has 29 heavy (non-hydrogen) atoms. The Morgan fingerprint density at radius 1 is 1.14 bits per heavy atom. The van der Waals surface area contributed by atoms with Crippen LogP contribution in [0.1, 0.15) is 38.2 Å². The first-order valence-corrected chi connectivity index (χ1v) is 11.9. The molecule has 0 bridgehead atoms. The van der Waals surface area contributed by atoms with Crippen molar-refractivity contribution >= 4 is 22.0 Å². The predicted octanol–water partition coefficient (Wildman–Crippen LogP) is 2.92. The van der Waals surface area contributed by atoms with Crippen LogP contribution >= 0.6 is 0 Å². The minimum atomic E-state index is -3.43. The molecule has 1 saturated heterocycles. The molecule has 1 aromatic rings. The van der Waals surface area contributed by atoms with Crippen LogP contribution in [0.5, 0.6) is 0 Å². The first-order valence-electron chi connectivity index (χ1n) is 10.4. The van der Waals surface area contributed by atoms with Crippen LogP contribution in [0.2, 0.25) is 0 Å². The maximum atomic E-state index is 12.5. The molecule has 1 aliphatic heterocycles. The number of sulfonamides is 1. The van der Waals surface area contributed by atoms with Gasteiger partial charge in [-0.3, -0.25) is 4.79 Å². The van der Waals surface area contributed by atoms with E-state index in [1.54, 1.807) is 36.4 Å². The summed E-state index contributed by atoms with van der Waals surface area (Å²) in [6.07, 6.45) is 7.89. The average Bonchev–Trinajstić information content (AvgIpc) is 2.71. The van der Waals surface area contributed by atoms with Crippen LogP contribution in [0.25, 0.3) is 6.08 Å². The van der Waals surface area contributed by atoms with Gasteiger partial charge in [0.25, 0.3) is 0 Å². The van der Waals surface area contributed by atoms with Gasteiger partial charge in [-0.1, -0.05) is 25.5 Å². The standard InChI is InChI=1S/C22H35N3O3S/c1-5-6-15-24(4)18-20-13-16-25(17-14-20)22(26)12-9-19-7-10-21(11-8-19)29(27,28)23(2)3/h7-12,20H,5-6,13-18H2,1-4H3. The SMILES string of the molecule is CCCCN(C)CC1CCN(C(=O)C=Cc2ccc(S(=O)(=O)N(C)C)cc2)CC1. The molecule has 0 N–H and O–H groups in total. The summed E-state index contributed by atoms with van der Waals surface area (Å²) in [5.74, 6) is 0.684. The Morgan fingerprint density at radius 2 is 1.76 bits per heavy atom. The van der Waals surface area contributed by atoms with Gasteiger partial charge in [-0.2, -0.15) is 0 Å². The van der Waals surface area contributed by atoms with Gasteiger partial charge in [-0.15, -0.1) is 0 Å². The number of carbonyl (C=O) groups excluding carboxylic acids is 1. The maximum absolute atomic E-state index is 12.5. The minimum Gasteiger partial charge on any atom is -0.339 e. The summed E-state index contributed by atoms with van der Waals surface area (Å²) in [5.41, 5.74) is 0.809. The van der Waals surface area contributed by atoms with Crippen molar-refractivity contribution in [3.63, 3.8) is 0 Å². The zero-order chi connectivity index (χ0) is 21.4. The summed E-state index contributed by atoms with van der Waals surface area (Å²) in [7, 11) is 1.77. The van der Waals surface area contributed by atoms with Gasteiger partial charge in [0.15, 0.2) is 0 Å². The highest BCUT2D eigenvalue weighted by Gasteiger charge is 2.22. The third kappa shape index (κ3) is 6.94. The van der Waals surface area contributed by atoms with Gasteiger partial charge >= 0.3 is 0 Å².